The lowest BCUT2D eigenvalue weighted by atomic mass is 10.0. The van der Waals surface area contributed by atoms with Gasteiger partial charge < -0.3 is 9.64 Å². The van der Waals surface area contributed by atoms with Crippen molar-refractivity contribution in [3.05, 3.63) is 30.1 Å². The molecule has 0 saturated carbocycles. The Labute approximate surface area is 141 Å². The van der Waals surface area contributed by atoms with Crippen molar-refractivity contribution in [1.82, 2.24) is 9.88 Å². The van der Waals surface area contributed by atoms with Crippen molar-refractivity contribution in [3.63, 3.8) is 0 Å². The first kappa shape index (κ1) is 17.7. The summed E-state index contributed by atoms with van der Waals surface area (Å²) >= 11 is 4.22. The van der Waals surface area contributed by atoms with Gasteiger partial charge in [-0.3, -0.25) is 9.78 Å². The number of aliphatic imine (C=N–C) groups is 1. The van der Waals surface area contributed by atoms with Crippen LogP contribution in [-0.4, -0.2) is 52.7 Å². The van der Waals surface area contributed by atoms with E-state index < -0.39 is 18.3 Å². The van der Waals surface area contributed by atoms with Gasteiger partial charge in [0, 0.05) is 36.3 Å². The first-order valence-electron chi connectivity index (χ1n) is 7.72. The number of nitrogens with zero attached hydrogens (tertiary/aromatic N) is 3. The minimum Gasteiger partial charge on any atom is -0.473 e. The number of hydrogen-bond acceptors (Lipinski definition) is 5. The Morgan fingerprint density at radius 1 is 1.57 bits per heavy atom. The maximum absolute atomic E-state index is 13.2. The van der Waals surface area contributed by atoms with Crippen molar-refractivity contribution in [2.75, 3.05) is 13.1 Å². The van der Waals surface area contributed by atoms with Gasteiger partial charge in [0.25, 0.3) is 5.91 Å². The summed E-state index contributed by atoms with van der Waals surface area (Å²) in [6.45, 7) is 4.35. The van der Waals surface area contributed by atoms with Crippen LogP contribution in [0, 0.1) is 0 Å². The van der Waals surface area contributed by atoms with Crippen molar-refractivity contribution in [3.8, 4) is 0 Å². The molecule has 2 heterocycles. The molecule has 0 aromatic carbocycles. The number of pyridine rings is 1. The van der Waals surface area contributed by atoms with Crippen molar-refractivity contribution in [1.29, 1.82) is 0 Å². The summed E-state index contributed by atoms with van der Waals surface area (Å²) in [5.74, 6) is -0.123. The fourth-order valence-corrected chi connectivity index (χ4v) is 2.56. The highest BCUT2D eigenvalue weighted by Gasteiger charge is 2.36. The van der Waals surface area contributed by atoms with E-state index in [2.05, 4.69) is 22.6 Å². The minimum atomic E-state index is -1.01. The van der Waals surface area contributed by atoms with E-state index in [0.29, 0.717) is 19.5 Å². The smallest absolute Gasteiger partial charge is 0.251 e. The van der Waals surface area contributed by atoms with Gasteiger partial charge in [0.15, 0.2) is 18.5 Å². The Bertz CT molecular complexity index is 541. The Hall–Kier alpha value is -1.63. The van der Waals surface area contributed by atoms with Gasteiger partial charge in [-0.1, -0.05) is 6.07 Å². The second kappa shape index (κ2) is 8.29. The average Bonchev–Trinajstić information content (AvgIpc) is 3.05. The maximum atomic E-state index is 13.2. The largest absolute Gasteiger partial charge is 0.473 e. The van der Waals surface area contributed by atoms with Crippen LogP contribution in [0.4, 0.5) is 4.39 Å². The van der Waals surface area contributed by atoms with Gasteiger partial charge in [0.2, 0.25) is 0 Å². The van der Waals surface area contributed by atoms with E-state index >= 15 is 0 Å². The van der Waals surface area contributed by atoms with Crippen LogP contribution in [0.25, 0.3) is 0 Å². The van der Waals surface area contributed by atoms with Crippen LogP contribution in [0.2, 0.25) is 0 Å². The number of ether oxygens (including phenoxy) is 1. The van der Waals surface area contributed by atoms with Crippen LogP contribution in [0.1, 0.15) is 31.9 Å². The molecule has 0 N–H and O–H groups in total. The number of alkyl halides is 1. The van der Waals surface area contributed by atoms with E-state index in [0.717, 1.165) is 5.56 Å². The van der Waals surface area contributed by atoms with Crippen molar-refractivity contribution >= 4 is 24.9 Å². The van der Waals surface area contributed by atoms with Crippen LogP contribution in [0.5, 0.6) is 0 Å². The zero-order chi connectivity index (χ0) is 16.8. The van der Waals surface area contributed by atoms with Gasteiger partial charge >= 0.3 is 0 Å². The predicted molar refractivity (Wildman–Crippen MR) is 90.6 cm³/mol. The topological polar surface area (TPSA) is 54.8 Å². The van der Waals surface area contributed by atoms with Crippen molar-refractivity contribution in [2.24, 2.45) is 4.99 Å². The normalized spacial score (nSPS) is 22.4. The van der Waals surface area contributed by atoms with E-state index in [4.69, 9.17) is 4.74 Å². The quantitative estimate of drug-likeness (QED) is 0.777. The third-order valence-electron chi connectivity index (χ3n) is 3.90. The molecule has 1 amide bonds. The van der Waals surface area contributed by atoms with E-state index in [1.54, 1.807) is 23.4 Å². The SMILES string of the molecule is CCN(CC[C@H](S)[C@@H](C)F)C(=O)[C@@H]1N=CO[C@H]1c1cccnc1. The molecule has 5 nitrogen and oxygen atoms in total. The number of likely N-dealkylation sites (N-methyl/N-ethyl adjacent to an activating group) is 1. The first-order valence-corrected chi connectivity index (χ1v) is 8.24. The average molecular weight is 339 g/mol. The highest BCUT2D eigenvalue weighted by atomic mass is 32.1. The van der Waals surface area contributed by atoms with E-state index in [1.807, 2.05) is 13.0 Å². The molecule has 4 atom stereocenters. The summed E-state index contributed by atoms with van der Waals surface area (Å²) < 4.78 is 18.7. The Kier molecular flexibility index (Phi) is 6.38. The Morgan fingerprint density at radius 3 is 2.96 bits per heavy atom. The van der Waals surface area contributed by atoms with Gasteiger partial charge in [-0.2, -0.15) is 12.6 Å². The molecular formula is C16H22FN3O2S. The lowest BCUT2D eigenvalue weighted by Gasteiger charge is -2.26. The Balaban J connectivity index is 2.03. The molecular weight excluding hydrogens is 317 g/mol. The highest BCUT2D eigenvalue weighted by Crippen LogP contribution is 2.27. The van der Waals surface area contributed by atoms with Gasteiger partial charge in [-0.15, -0.1) is 0 Å². The molecule has 126 valence electrons. The number of halogens is 1. The number of carbonyl (C=O) groups excluding carboxylic acids is 1. The third kappa shape index (κ3) is 4.43. The fourth-order valence-electron chi connectivity index (χ4n) is 2.45. The molecule has 0 radical (unpaired) electrons. The number of amides is 1. The predicted octanol–water partition coefficient (Wildman–Crippen LogP) is 2.44. The molecule has 2 rings (SSSR count). The molecule has 23 heavy (non-hydrogen) atoms. The molecule has 1 aromatic rings. The van der Waals surface area contributed by atoms with Gasteiger partial charge in [-0.05, 0) is 26.3 Å². The molecule has 0 aliphatic carbocycles. The molecule has 0 bridgehead atoms. The third-order valence-corrected chi connectivity index (χ3v) is 4.57. The monoisotopic (exact) mass is 339 g/mol. The van der Waals surface area contributed by atoms with Crippen LogP contribution in [0.3, 0.4) is 0 Å². The highest BCUT2D eigenvalue weighted by molar-refractivity contribution is 7.81. The van der Waals surface area contributed by atoms with Crippen LogP contribution in [0.15, 0.2) is 29.5 Å². The number of carbonyl (C=O) groups is 1. The molecule has 0 spiro atoms. The van der Waals surface area contributed by atoms with Gasteiger partial charge in [0.05, 0.1) is 0 Å². The van der Waals surface area contributed by atoms with Crippen LogP contribution < -0.4 is 0 Å². The minimum absolute atomic E-state index is 0.123. The molecule has 1 aromatic heterocycles. The molecule has 0 saturated heterocycles. The van der Waals surface area contributed by atoms with Crippen LogP contribution in [-0.2, 0) is 9.53 Å². The summed E-state index contributed by atoms with van der Waals surface area (Å²) in [6, 6.07) is 3.03. The second-order valence-corrected chi connectivity index (χ2v) is 6.16. The first-order chi connectivity index (χ1) is 11.0. The zero-order valence-electron chi connectivity index (χ0n) is 13.3. The summed E-state index contributed by atoms with van der Waals surface area (Å²) in [6.07, 6.45) is 3.68. The molecule has 1 aliphatic rings. The molecule has 1 aliphatic heterocycles. The molecule has 7 heteroatoms. The maximum Gasteiger partial charge on any atom is 0.251 e. The van der Waals surface area contributed by atoms with Crippen LogP contribution >= 0.6 is 12.6 Å². The summed E-state index contributed by atoms with van der Waals surface area (Å²) in [7, 11) is 0. The standard InChI is InChI=1S/C16H22FN3O2S/c1-3-20(8-6-13(23)11(2)17)16(21)14-15(22-10-19-14)12-5-4-7-18-9-12/h4-5,7,9-11,13-15,23H,3,6,8H2,1-2H3/t11-,13+,14-,15+/m1/s1. The second-order valence-electron chi connectivity index (χ2n) is 5.49. The number of rotatable bonds is 7. The van der Waals surface area contributed by atoms with E-state index in [1.165, 1.54) is 13.3 Å². The van der Waals surface area contributed by atoms with E-state index in [-0.39, 0.29) is 11.2 Å². The zero-order valence-corrected chi connectivity index (χ0v) is 14.2. The summed E-state index contributed by atoms with van der Waals surface area (Å²) in [4.78, 5) is 22.6. The Morgan fingerprint density at radius 2 is 2.35 bits per heavy atom. The lowest BCUT2D eigenvalue weighted by molar-refractivity contribution is -0.134. The lowest BCUT2D eigenvalue weighted by Crippen LogP contribution is -2.41. The number of thiol groups is 1. The van der Waals surface area contributed by atoms with E-state index in [9.17, 15) is 9.18 Å². The van der Waals surface area contributed by atoms with Crippen molar-refractivity contribution in [2.45, 2.75) is 43.8 Å². The van der Waals surface area contributed by atoms with Crippen molar-refractivity contribution < 1.29 is 13.9 Å². The molecule has 0 unspecified atom stereocenters. The number of aromatic nitrogens is 1. The summed E-state index contributed by atoms with van der Waals surface area (Å²) in [5, 5.41) is -0.380. The summed E-state index contributed by atoms with van der Waals surface area (Å²) in [5.41, 5.74) is 0.809. The molecule has 0 fully saturated rings. The van der Waals surface area contributed by atoms with Gasteiger partial charge in [-0.25, -0.2) is 9.38 Å². The number of hydrogen-bond donors (Lipinski definition) is 1. The fraction of sp³-hybridized carbons (Fsp3) is 0.562. The van der Waals surface area contributed by atoms with Gasteiger partial charge in [0.1, 0.15) is 6.17 Å².